The minimum Gasteiger partial charge on any atom is -0.321 e. The van der Waals surface area contributed by atoms with Crippen LogP contribution in [0.15, 0.2) is 53.4 Å². The van der Waals surface area contributed by atoms with E-state index in [1.165, 1.54) is 42.5 Å². The van der Waals surface area contributed by atoms with Crippen molar-refractivity contribution in [2.75, 3.05) is 5.32 Å². The predicted octanol–water partition coefficient (Wildman–Crippen LogP) is 2.81. The quantitative estimate of drug-likeness (QED) is 0.930. The molecule has 0 saturated carbocycles. The summed E-state index contributed by atoms with van der Waals surface area (Å²) in [6.45, 7) is 0. The van der Waals surface area contributed by atoms with Crippen LogP contribution in [0.1, 0.15) is 15.9 Å². The highest BCUT2D eigenvalue weighted by Gasteiger charge is 2.29. The SMILES string of the molecule is N#Cc1ccc(C(=O)Nc2ccccc2S(=O)(=O)C(F)F)cc1. The third kappa shape index (κ3) is 3.52. The Morgan fingerprint density at radius 2 is 1.70 bits per heavy atom. The Kier molecular flexibility index (Phi) is 4.71. The van der Waals surface area contributed by atoms with Crippen LogP contribution in [0.5, 0.6) is 0 Å². The Labute approximate surface area is 131 Å². The van der Waals surface area contributed by atoms with Gasteiger partial charge in [-0.2, -0.15) is 14.0 Å². The Balaban J connectivity index is 2.34. The van der Waals surface area contributed by atoms with Crippen LogP contribution < -0.4 is 5.32 Å². The second kappa shape index (κ2) is 6.54. The number of nitriles is 1. The van der Waals surface area contributed by atoms with E-state index in [0.29, 0.717) is 5.56 Å². The van der Waals surface area contributed by atoms with E-state index in [4.69, 9.17) is 5.26 Å². The number of benzene rings is 2. The molecule has 0 saturated heterocycles. The van der Waals surface area contributed by atoms with Crippen LogP contribution in [0.4, 0.5) is 14.5 Å². The van der Waals surface area contributed by atoms with Gasteiger partial charge < -0.3 is 5.32 Å². The molecule has 23 heavy (non-hydrogen) atoms. The van der Waals surface area contributed by atoms with Crippen molar-refractivity contribution in [2.24, 2.45) is 0 Å². The van der Waals surface area contributed by atoms with Crippen molar-refractivity contribution in [3.8, 4) is 6.07 Å². The molecule has 0 bridgehead atoms. The van der Waals surface area contributed by atoms with E-state index < -0.39 is 26.4 Å². The van der Waals surface area contributed by atoms with Crippen molar-refractivity contribution in [1.29, 1.82) is 5.26 Å². The van der Waals surface area contributed by atoms with Gasteiger partial charge in [-0.15, -0.1) is 0 Å². The molecule has 0 aliphatic rings. The second-order valence-electron chi connectivity index (χ2n) is 4.45. The largest absolute Gasteiger partial charge is 0.341 e. The standard InChI is InChI=1S/C15H10F2N2O3S/c16-15(17)23(21,22)13-4-2-1-3-12(13)19-14(20)11-7-5-10(9-18)6-8-11/h1-8,15H,(H,19,20). The lowest BCUT2D eigenvalue weighted by Crippen LogP contribution is -2.17. The van der Waals surface area contributed by atoms with Crippen molar-refractivity contribution in [2.45, 2.75) is 10.7 Å². The van der Waals surface area contributed by atoms with Crippen LogP contribution in [0.25, 0.3) is 0 Å². The summed E-state index contributed by atoms with van der Waals surface area (Å²) in [4.78, 5) is 11.4. The first-order chi connectivity index (χ1) is 10.9. The molecule has 2 aromatic rings. The zero-order chi connectivity index (χ0) is 17.0. The fourth-order valence-electron chi connectivity index (χ4n) is 1.80. The number of para-hydroxylation sites is 1. The maximum atomic E-state index is 12.7. The van der Waals surface area contributed by atoms with Crippen molar-refractivity contribution in [3.63, 3.8) is 0 Å². The molecule has 2 rings (SSSR count). The number of carbonyl (C=O) groups is 1. The van der Waals surface area contributed by atoms with Crippen LogP contribution in [0.2, 0.25) is 0 Å². The maximum absolute atomic E-state index is 12.7. The number of carbonyl (C=O) groups excluding carboxylic acids is 1. The van der Waals surface area contributed by atoms with Crippen LogP contribution in [-0.4, -0.2) is 20.1 Å². The molecule has 0 aliphatic heterocycles. The summed E-state index contributed by atoms with van der Waals surface area (Å²) in [5.41, 5.74) is 0.276. The number of halogens is 2. The van der Waals surface area contributed by atoms with Gasteiger partial charge in [0.15, 0.2) is 0 Å². The lowest BCUT2D eigenvalue weighted by molar-refractivity contribution is 0.102. The van der Waals surface area contributed by atoms with E-state index in [-0.39, 0.29) is 11.3 Å². The normalized spacial score (nSPS) is 11.0. The van der Waals surface area contributed by atoms with Gasteiger partial charge in [-0.1, -0.05) is 12.1 Å². The van der Waals surface area contributed by atoms with Gasteiger partial charge in [-0.05, 0) is 36.4 Å². The Morgan fingerprint density at radius 3 is 2.26 bits per heavy atom. The van der Waals surface area contributed by atoms with Gasteiger partial charge >= 0.3 is 5.76 Å². The summed E-state index contributed by atoms with van der Waals surface area (Å²) in [5.74, 6) is -4.26. The third-order valence-electron chi connectivity index (χ3n) is 2.95. The number of nitrogens with one attached hydrogen (secondary N) is 1. The average Bonchev–Trinajstić information content (AvgIpc) is 2.55. The summed E-state index contributed by atoms with van der Waals surface area (Å²) in [5, 5.41) is 11.0. The fourth-order valence-corrected chi connectivity index (χ4v) is 2.69. The van der Waals surface area contributed by atoms with E-state index >= 15 is 0 Å². The monoisotopic (exact) mass is 336 g/mol. The van der Waals surface area contributed by atoms with Crippen LogP contribution in [-0.2, 0) is 9.84 Å². The third-order valence-corrected chi connectivity index (χ3v) is 4.39. The lowest BCUT2D eigenvalue weighted by Gasteiger charge is -2.11. The Morgan fingerprint density at radius 1 is 1.09 bits per heavy atom. The van der Waals surface area contributed by atoms with E-state index in [0.717, 1.165) is 6.07 Å². The summed E-state index contributed by atoms with van der Waals surface area (Å²) in [6, 6.07) is 12.4. The first-order valence-electron chi connectivity index (χ1n) is 6.29. The number of amides is 1. The molecule has 0 spiro atoms. The number of nitrogens with zero attached hydrogens (tertiary/aromatic N) is 1. The van der Waals surface area contributed by atoms with E-state index in [9.17, 15) is 22.0 Å². The fraction of sp³-hybridized carbons (Fsp3) is 0.0667. The molecule has 0 aliphatic carbocycles. The van der Waals surface area contributed by atoms with E-state index in [1.54, 1.807) is 0 Å². The first kappa shape index (κ1) is 16.6. The molecule has 0 radical (unpaired) electrons. The zero-order valence-electron chi connectivity index (χ0n) is 11.5. The zero-order valence-corrected chi connectivity index (χ0v) is 12.3. The molecule has 1 N–H and O–H groups in total. The maximum Gasteiger partial charge on any atom is 0.341 e. The lowest BCUT2D eigenvalue weighted by atomic mass is 10.1. The molecular weight excluding hydrogens is 326 g/mol. The minimum absolute atomic E-state index is 0.160. The molecule has 1 amide bonds. The summed E-state index contributed by atoms with van der Waals surface area (Å²) >= 11 is 0. The first-order valence-corrected chi connectivity index (χ1v) is 7.83. The van der Waals surface area contributed by atoms with Crippen LogP contribution >= 0.6 is 0 Å². The number of sulfone groups is 1. The number of alkyl halides is 2. The van der Waals surface area contributed by atoms with Crippen molar-refractivity contribution >= 4 is 21.4 Å². The average molecular weight is 336 g/mol. The molecule has 0 aromatic heterocycles. The van der Waals surface area contributed by atoms with Crippen molar-refractivity contribution in [1.82, 2.24) is 0 Å². The van der Waals surface area contributed by atoms with Crippen LogP contribution in [0, 0.1) is 11.3 Å². The predicted molar refractivity (Wildman–Crippen MR) is 78.7 cm³/mol. The highest BCUT2D eigenvalue weighted by Crippen LogP contribution is 2.26. The van der Waals surface area contributed by atoms with Crippen molar-refractivity contribution in [3.05, 3.63) is 59.7 Å². The minimum atomic E-state index is -4.84. The topological polar surface area (TPSA) is 87.0 Å². The molecule has 0 heterocycles. The molecule has 0 unspecified atom stereocenters. The number of anilines is 1. The molecule has 2 aromatic carbocycles. The van der Waals surface area contributed by atoms with Crippen molar-refractivity contribution < 1.29 is 22.0 Å². The van der Waals surface area contributed by atoms with Gasteiger partial charge in [0.05, 0.1) is 22.2 Å². The van der Waals surface area contributed by atoms with E-state index in [1.807, 2.05) is 6.07 Å². The van der Waals surface area contributed by atoms with Gasteiger partial charge in [0.25, 0.3) is 5.91 Å². The molecule has 118 valence electrons. The molecular formula is C15H10F2N2O3S. The number of hydrogen-bond acceptors (Lipinski definition) is 4. The van der Waals surface area contributed by atoms with Gasteiger partial charge in [-0.3, -0.25) is 4.79 Å². The van der Waals surface area contributed by atoms with Gasteiger partial charge in [-0.25, -0.2) is 8.42 Å². The molecule has 5 nitrogen and oxygen atoms in total. The summed E-state index contributed by atoms with van der Waals surface area (Å²) in [6.07, 6.45) is 0. The van der Waals surface area contributed by atoms with Gasteiger partial charge in [0, 0.05) is 5.56 Å². The van der Waals surface area contributed by atoms with Crippen LogP contribution in [0.3, 0.4) is 0 Å². The second-order valence-corrected chi connectivity index (χ2v) is 6.33. The molecule has 0 atom stereocenters. The smallest absolute Gasteiger partial charge is 0.321 e. The van der Waals surface area contributed by atoms with E-state index in [2.05, 4.69) is 5.32 Å². The summed E-state index contributed by atoms with van der Waals surface area (Å²) in [7, 11) is -4.84. The molecule has 8 heteroatoms. The Hall–Kier alpha value is -2.79. The number of hydrogen-bond donors (Lipinski definition) is 1. The highest BCUT2D eigenvalue weighted by molar-refractivity contribution is 7.91. The summed E-state index contributed by atoms with van der Waals surface area (Å²) < 4.78 is 48.6. The van der Waals surface area contributed by atoms with Gasteiger partial charge in [0.2, 0.25) is 9.84 Å². The highest BCUT2D eigenvalue weighted by atomic mass is 32.2. The number of rotatable bonds is 4. The van der Waals surface area contributed by atoms with Gasteiger partial charge in [0.1, 0.15) is 0 Å². The molecule has 0 fully saturated rings. The Bertz CT molecular complexity index is 872.